The quantitative estimate of drug-likeness (QED) is 0.663. The average molecular weight is 226 g/mol. The van der Waals surface area contributed by atoms with E-state index in [2.05, 4.69) is 0 Å². The van der Waals surface area contributed by atoms with E-state index in [9.17, 15) is 18.0 Å². The van der Waals surface area contributed by atoms with Crippen LogP contribution in [-0.4, -0.2) is 5.78 Å². The molecule has 0 radical (unpaired) electrons. The highest BCUT2D eigenvalue weighted by atomic mass is 19.4. The largest absolute Gasteiger partial charge is 0.416 e. The number of rotatable bonds is 0. The van der Waals surface area contributed by atoms with Gasteiger partial charge in [-0.3, -0.25) is 4.79 Å². The summed E-state index contributed by atoms with van der Waals surface area (Å²) in [5, 5.41) is 0. The molecule has 2 atom stereocenters. The molecule has 2 unspecified atom stereocenters. The first-order valence-electron chi connectivity index (χ1n) is 5.20. The summed E-state index contributed by atoms with van der Waals surface area (Å²) in [5.74, 6) is -0.0195. The number of hydrogen-bond donors (Lipinski definition) is 0. The van der Waals surface area contributed by atoms with Gasteiger partial charge in [0.25, 0.3) is 0 Å². The number of carbonyl (C=O) groups excluding carboxylic acids is 1. The zero-order chi connectivity index (χ0) is 11.5. The Balaban J connectivity index is 2.11. The van der Waals surface area contributed by atoms with Crippen LogP contribution in [0.25, 0.3) is 0 Å². The maximum atomic E-state index is 12.5. The van der Waals surface area contributed by atoms with Crippen molar-refractivity contribution in [1.29, 1.82) is 0 Å². The van der Waals surface area contributed by atoms with E-state index >= 15 is 0 Å². The minimum atomic E-state index is -4.32. The van der Waals surface area contributed by atoms with Crippen LogP contribution in [0.15, 0.2) is 18.2 Å². The first-order valence-corrected chi connectivity index (χ1v) is 5.20. The van der Waals surface area contributed by atoms with E-state index in [1.54, 1.807) is 0 Å². The number of halogens is 3. The smallest absolute Gasteiger partial charge is 0.299 e. The maximum Gasteiger partial charge on any atom is 0.416 e. The van der Waals surface area contributed by atoms with Crippen LogP contribution in [0.1, 0.15) is 41.4 Å². The second-order valence-corrected chi connectivity index (χ2v) is 4.50. The van der Waals surface area contributed by atoms with E-state index in [-0.39, 0.29) is 17.6 Å². The number of Topliss-reactive ketones (excluding diaryl/α,β-unsaturated/α-hetero) is 1. The predicted octanol–water partition coefficient (Wildman–Crippen LogP) is 3.25. The second-order valence-electron chi connectivity index (χ2n) is 4.50. The zero-order valence-corrected chi connectivity index (χ0v) is 8.34. The van der Waals surface area contributed by atoms with Gasteiger partial charge in [0.05, 0.1) is 5.56 Å². The lowest BCUT2D eigenvalue weighted by molar-refractivity contribution is -0.137. The van der Waals surface area contributed by atoms with Crippen molar-refractivity contribution in [3.05, 3.63) is 34.9 Å². The summed E-state index contributed by atoms with van der Waals surface area (Å²) >= 11 is 0. The standard InChI is InChI=1S/C12H9F3O/c13-12(14,15)7-1-2-8-6-3-10(9(8)5-7)11(16)4-6/h1-2,5-6,10H,3-4H2. The number of benzene rings is 1. The Kier molecular flexibility index (Phi) is 1.77. The zero-order valence-electron chi connectivity index (χ0n) is 8.34. The molecule has 0 amide bonds. The Morgan fingerprint density at radius 2 is 1.94 bits per heavy atom. The van der Waals surface area contributed by atoms with Crippen molar-refractivity contribution in [1.82, 2.24) is 0 Å². The topological polar surface area (TPSA) is 17.1 Å². The molecular formula is C12H9F3O. The fourth-order valence-electron chi connectivity index (χ4n) is 2.85. The SMILES string of the molecule is O=C1CC2CC1c1cc(C(F)(F)F)ccc12. The summed E-state index contributed by atoms with van der Waals surface area (Å²) in [4.78, 5) is 11.5. The Bertz CT molecular complexity index is 476. The van der Waals surface area contributed by atoms with Crippen molar-refractivity contribution >= 4 is 5.78 Å². The number of hydrogen-bond acceptors (Lipinski definition) is 1. The third kappa shape index (κ3) is 1.22. The van der Waals surface area contributed by atoms with Crippen LogP contribution in [0.2, 0.25) is 0 Å². The minimum Gasteiger partial charge on any atom is -0.299 e. The number of alkyl halides is 3. The maximum absolute atomic E-state index is 12.5. The molecule has 0 heterocycles. The number of carbonyl (C=O) groups is 1. The Labute approximate surface area is 90.3 Å². The second kappa shape index (κ2) is 2.87. The van der Waals surface area contributed by atoms with Crippen molar-refractivity contribution in [2.24, 2.45) is 0 Å². The fourth-order valence-corrected chi connectivity index (χ4v) is 2.85. The van der Waals surface area contributed by atoms with Crippen molar-refractivity contribution in [2.45, 2.75) is 30.9 Å². The molecule has 2 aliphatic carbocycles. The van der Waals surface area contributed by atoms with Gasteiger partial charge in [-0.2, -0.15) is 13.2 Å². The molecule has 0 spiro atoms. The molecule has 3 rings (SSSR count). The summed E-state index contributed by atoms with van der Waals surface area (Å²) in [6, 6.07) is 3.80. The van der Waals surface area contributed by atoms with E-state index in [0.717, 1.165) is 17.7 Å². The first kappa shape index (κ1) is 9.87. The van der Waals surface area contributed by atoms with Gasteiger partial charge in [0.1, 0.15) is 5.78 Å². The van der Waals surface area contributed by atoms with Crippen LogP contribution in [0.4, 0.5) is 13.2 Å². The lowest BCUT2D eigenvalue weighted by Crippen LogP contribution is -2.12. The molecule has 0 aliphatic heterocycles. The van der Waals surface area contributed by atoms with Gasteiger partial charge in [0, 0.05) is 12.3 Å². The first-order chi connectivity index (χ1) is 7.47. The molecule has 1 nitrogen and oxygen atoms in total. The predicted molar refractivity (Wildman–Crippen MR) is 51.2 cm³/mol. The molecule has 1 aromatic rings. The van der Waals surface area contributed by atoms with Gasteiger partial charge < -0.3 is 0 Å². The normalized spacial score (nSPS) is 27.3. The molecule has 0 saturated heterocycles. The van der Waals surface area contributed by atoms with E-state index in [0.29, 0.717) is 18.4 Å². The van der Waals surface area contributed by atoms with Crippen LogP contribution in [0.3, 0.4) is 0 Å². The highest BCUT2D eigenvalue weighted by molar-refractivity contribution is 5.92. The molecule has 84 valence electrons. The molecule has 16 heavy (non-hydrogen) atoms. The van der Waals surface area contributed by atoms with Gasteiger partial charge in [0.2, 0.25) is 0 Å². The molecule has 1 saturated carbocycles. The lowest BCUT2D eigenvalue weighted by atomic mass is 9.89. The third-order valence-electron chi connectivity index (χ3n) is 3.59. The molecular weight excluding hydrogens is 217 g/mol. The average Bonchev–Trinajstić information content (AvgIpc) is 2.73. The van der Waals surface area contributed by atoms with E-state index in [1.165, 1.54) is 6.07 Å². The molecule has 1 aromatic carbocycles. The summed E-state index contributed by atoms with van der Waals surface area (Å²) in [7, 11) is 0. The summed E-state index contributed by atoms with van der Waals surface area (Å²) < 4.78 is 37.5. The van der Waals surface area contributed by atoms with Gasteiger partial charge in [-0.15, -0.1) is 0 Å². The van der Waals surface area contributed by atoms with E-state index in [4.69, 9.17) is 0 Å². The summed E-state index contributed by atoms with van der Waals surface area (Å²) in [5.41, 5.74) is 0.903. The third-order valence-corrected chi connectivity index (χ3v) is 3.59. The number of ketones is 1. The molecule has 0 aromatic heterocycles. The number of fused-ring (bicyclic) bond motifs is 5. The van der Waals surface area contributed by atoms with Crippen LogP contribution in [0.5, 0.6) is 0 Å². The van der Waals surface area contributed by atoms with Crippen molar-refractivity contribution in [2.75, 3.05) is 0 Å². The van der Waals surface area contributed by atoms with Gasteiger partial charge in [-0.1, -0.05) is 6.07 Å². The minimum absolute atomic E-state index is 0.0943. The van der Waals surface area contributed by atoms with Gasteiger partial charge in [-0.05, 0) is 35.6 Å². The Hall–Kier alpha value is -1.32. The Morgan fingerprint density at radius 3 is 2.62 bits per heavy atom. The van der Waals surface area contributed by atoms with Gasteiger partial charge in [0.15, 0.2) is 0 Å². The molecule has 0 N–H and O–H groups in total. The highest BCUT2D eigenvalue weighted by Crippen LogP contribution is 2.51. The van der Waals surface area contributed by atoms with Crippen LogP contribution in [0, 0.1) is 0 Å². The van der Waals surface area contributed by atoms with Crippen molar-refractivity contribution < 1.29 is 18.0 Å². The Morgan fingerprint density at radius 1 is 1.19 bits per heavy atom. The van der Waals surface area contributed by atoms with Crippen molar-refractivity contribution in [3.63, 3.8) is 0 Å². The van der Waals surface area contributed by atoms with Crippen LogP contribution < -0.4 is 0 Å². The molecule has 4 heteroatoms. The van der Waals surface area contributed by atoms with E-state index in [1.807, 2.05) is 0 Å². The molecule has 2 aliphatic rings. The van der Waals surface area contributed by atoms with Crippen LogP contribution >= 0.6 is 0 Å². The lowest BCUT2D eigenvalue weighted by Gasteiger charge is -2.16. The summed E-state index contributed by atoms with van der Waals surface area (Å²) in [6.45, 7) is 0. The monoisotopic (exact) mass is 226 g/mol. The van der Waals surface area contributed by atoms with Gasteiger partial charge in [-0.25, -0.2) is 0 Å². The molecule has 1 fully saturated rings. The fraction of sp³-hybridized carbons (Fsp3) is 0.417. The van der Waals surface area contributed by atoms with E-state index < -0.39 is 11.7 Å². The van der Waals surface area contributed by atoms with Gasteiger partial charge >= 0.3 is 6.18 Å². The highest BCUT2D eigenvalue weighted by Gasteiger charge is 2.44. The molecule has 2 bridgehead atoms. The summed E-state index contributed by atoms with van der Waals surface area (Å²) in [6.07, 6.45) is -3.11. The van der Waals surface area contributed by atoms with Crippen LogP contribution in [-0.2, 0) is 11.0 Å². The van der Waals surface area contributed by atoms with Crippen molar-refractivity contribution in [3.8, 4) is 0 Å².